The van der Waals surface area contributed by atoms with Gasteiger partial charge in [0.05, 0.1) is 12.2 Å². The lowest BCUT2D eigenvalue weighted by atomic mass is 10.2. The molecule has 2 heterocycles. The van der Waals surface area contributed by atoms with Crippen LogP contribution in [0.1, 0.15) is 52.9 Å². The van der Waals surface area contributed by atoms with Crippen molar-refractivity contribution in [2.75, 3.05) is 6.54 Å². The molecule has 0 atom stereocenters. The minimum Gasteiger partial charge on any atom is -0.351 e. The van der Waals surface area contributed by atoms with Crippen LogP contribution in [0.25, 0.3) is 0 Å². The summed E-state index contributed by atoms with van der Waals surface area (Å²) >= 11 is 0. The summed E-state index contributed by atoms with van der Waals surface area (Å²) in [6.07, 6.45) is 4.78. The van der Waals surface area contributed by atoms with Crippen molar-refractivity contribution < 1.29 is 9.59 Å². The third kappa shape index (κ3) is 5.46. The lowest BCUT2D eigenvalue weighted by Crippen LogP contribution is -2.28. The molecule has 126 valence electrons. The first-order valence-corrected chi connectivity index (χ1v) is 8.14. The second-order valence-corrected chi connectivity index (χ2v) is 5.37. The maximum absolute atomic E-state index is 12.2. The molecular weight excluding hydrogens is 304 g/mol. The molecule has 0 aliphatic carbocycles. The van der Waals surface area contributed by atoms with Crippen molar-refractivity contribution in [3.05, 3.63) is 59.7 Å². The second kappa shape index (κ2) is 9.39. The summed E-state index contributed by atoms with van der Waals surface area (Å²) < 4.78 is 0. The number of rotatable bonds is 8. The summed E-state index contributed by atoms with van der Waals surface area (Å²) in [7, 11) is 0. The molecule has 0 aliphatic rings. The van der Waals surface area contributed by atoms with Gasteiger partial charge in [0, 0.05) is 12.7 Å². The van der Waals surface area contributed by atoms with Gasteiger partial charge in [-0.1, -0.05) is 31.9 Å². The molecule has 2 aromatic heterocycles. The van der Waals surface area contributed by atoms with E-state index in [1.165, 1.54) is 0 Å². The van der Waals surface area contributed by atoms with E-state index in [0.29, 0.717) is 13.1 Å². The zero-order valence-corrected chi connectivity index (χ0v) is 13.8. The number of hydrogen-bond acceptors (Lipinski definition) is 4. The van der Waals surface area contributed by atoms with Gasteiger partial charge in [-0.15, -0.1) is 0 Å². The van der Waals surface area contributed by atoms with E-state index in [2.05, 4.69) is 27.5 Å². The average Bonchev–Trinajstić information content (AvgIpc) is 2.64. The van der Waals surface area contributed by atoms with Crippen LogP contribution >= 0.6 is 0 Å². The monoisotopic (exact) mass is 326 g/mol. The molecule has 2 N–H and O–H groups in total. The molecule has 0 unspecified atom stereocenters. The van der Waals surface area contributed by atoms with Gasteiger partial charge in [0.25, 0.3) is 11.8 Å². The van der Waals surface area contributed by atoms with E-state index in [1.54, 1.807) is 24.4 Å². The zero-order valence-electron chi connectivity index (χ0n) is 13.8. The first kappa shape index (κ1) is 17.6. The molecule has 6 nitrogen and oxygen atoms in total. The highest BCUT2D eigenvalue weighted by Gasteiger charge is 2.12. The van der Waals surface area contributed by atoms with E-state index in [9.17, 15) is 9.59 Å². The van der Waals surface area contributed by atoms with Gasteiger partial charge in [0.1, 0.15) is 11.4 Å². The number of aromatic nitrogens is 2. The molecule has 2 amide bonds. The third-order valence-corrected chi connectivity index (χ3v) is 3.44. The van der Waals surface area contributed by atoms with Crippen molar-refractivity contribution in [2.24, 2.45) is 0 Å². The number of carbonyl (C=O) groups excluding carboxylic acids is 2. The molecule has 0 bridgehead atoms. The van der Waals surface area contributed by atoms with E-state index in [-0.39, 0.29) is 23.2 Å². The number of amides is 2. The van der Waals surface area contributed by atoms with E-state index in [0.717, 1.165) is 25.0 Å². The van der Waals surface area contributed by atoms with Gasteiger partial charge in [-0.05, 0) is 30.7 Å². The van der Waals surface area contributed by atoms with Crippen LogP contribution in [0.3, 0.4) is 0 Å². The van der Waals surface area contributed by atoms with E-state index in [1.807, 2.05) is 18.2 Å². The van der Waals surface area contributed by atoms with E-state index >= 15 is 0 Å². The van der Waals surface area contributed by atoms with Crippen LogP contribution in [-0.2, 0) is 6.54 Å². The van der Waals surface area contributed by atoms with Crippen LogP contribution < -0.4 is 10.6 Å². The Hall–Kier alpha value is -2.76. The molecule has 0 saturated heterocycles. The summed E-state index contributed by atoms with van der Waals surface area (Å²) in [5.74, 6) is -0.591. The van der Waals surface area contributed by atoms with Crippen molar-refractivity contribution in [3.8, 4) is 0 Å². The maximum atomic E-state index is 12.2. The molecule has 0 radical (unpaired) electrons. The smallest absolute Gasteiger partial charge is 0.270 e. The minimum absolute atomic E-state index is 0.215. The standard InChI is InChI=1S/C18H22N4O2/c1-2-3-5-12-20-17(23)15-9-7-10-16(22-15)18(24)21-13-14-8-4-6-11-19-14/h4,6-11H,2-3,5,12-13H2,1H3,(H,20,23)(H,21,24). The number of unbranched alkanes of at least 4 members (excludes halogenated alkanes) is 2. The summed E-state index contributed by atoms with van der Waals surface area (Å²) in [5.41, 5.74) is 1.22. The van der Waals surface area contributed by atoms with Crippen molar-refractivity contribution >= 4 is 11.8 Å². The van der Waals surface area contributed by atoms with E-state index < -0.39 is 0 Å². The fraction of sp³-hybridized carbons (Fsp3) is 0.333. The Bertz CT molecular complexity index is 674. The van der Waals surface area contributed by atoms with Crippen LogP contribution in [0.2, 0.25) is 0 Å². The lowest BCUT2D eigenvalue weighted by Gasteiger charge is -2.07. The summed E-state index contributed by atoms with van der Waals surface area (Å²) in [6.45, 7) is 3.04. The number of pyridine rings is 2. The van der Waals surface area contributed by atoms with Crippen molar-refractivity contribution in [1.29, 1.82) is 0 Å². The van der Waals surface area contributed by atoms with Crippen LogP contribution in [0.15, 0.2) is 42.6 Å². The molecule has 0 fully saturated rings. The molecule has 2 aromatic rings. The molecule has 0 spiro atoms. The first-order chi connectivity index (χ1) is 11.7. The average molecular weight is 326 g/mol. The Kier molecular flexibility index (Phi) is 6.89. The van der Waals surface area contributed by atoms with Crippen LogP contribution in [0, 0.1) is 0 Å². The summed E-state index contributed by atoms with van der Waals surface area (Å²) in [6, 6.07) is 10.3. The molecule has 0 saturated carbocycles. The summed E-state index contributed by atoms with van der Waals surface area (Å²) in [4.78, 5) is 32.5. The van der Waals surface area contributed by atoms with Crippen LogP contribution in [-0.4, -0.2) is 28.3 Å². The molecule has 6 heteroatoms. The number of carbonyl (C=O) groups is 2. The van der Waals surface area contributed by atoms with Gasteiger partial charge >= 0.3 is 0 Å². The Morgan fingerprint density at radius 2 is 1.71 bits per heavy atom. The quantitative estimate of drug-likeness (QED) is 0.729. The minimum atomic E-state index is -0.332. The van der Waals surface area contributed by atoms with Crippen LogP contribution in [0.4, 0.5) is 0 Å². The van der Waals surface area contributed by atoms with Crippen molar-refractivity contribution in [3.63, 3.8) is 0 Å². The highest BCUT2D eigenvalue weighted by Crippen LogP contribution is 2.01. The van der Waals surface area contributed by atoms with E-state index in [4.69, 9.17) is 0 Å². The third-order valence-electron chi connectivity index (χ3n) is 3.44. The van der Waals surface area contributed by atoms with Gasteiger partial charge in [-0.2, -0.15) is 0 Å². The Balaban J connectivity index is 1.91. The molecule has 0 aliphatic heterocycles. The SMILES string of the molecule is CCCCCNC(=O)c1cccc(C(=O)NCc2ccccn2)n1. The summed E-state index contributed by atoms with van der Waals surface area (Å²) in [5, 5.41) is 5.56. The Labute approximate surface area is 141 Å². The second-order valence-electron chi connectivity index (χ2n) is 5.37. The highest BCUT2D eigenvalue weighted by molar-refractivity contribution is 5.96. The van der Waals surface area contributed by atoms with Gasteiger partial charge in [0.15, 0.2) is 0 Å². The number of hydrogen-bond donors (Lipinski definition) is 2. The fourth-order valence-electron chi connectivity index (χ4n) is 2.12. The topological polar surface area (TPSA) is 84.0 Å². The largest absolute Gasteiger partial charge is 0.351 e. The fourth-order valence-corrected chi connectivity index (χ4v) is 2.12. The lowest BCUT2D eigenvalue weighted by molar-refractivity contribution is 0.0942. The number of nitrogens with one attached hydrogen (secondary N) is 2. The Morgan fingerprint density at radius 1 is 0.958 bits per heavy atom. The molecule has 24 heavy (non-hydrogen) atoms. The molecular formula is C18H22N4O2. The van der Waals surface area contributed by atoms with Gasteiger partial charge in [0.2, 0.25) is 0 Å². The first-order valence-electron chi connectivity index (χ1n) is 8.14. The number of nitrogens with zero attached hydrogens (tertiary/aromatic N) is 2. The van der Waals surface area contributed by atoms with Crippen molar-refractivity contribution in [2.45, 2.75) is 32.7 Å². The van der Waals surface area contributed by atoms with Crippen LogP contribution in [0.5, 0.6) is 0 Å². The maximum Gasteiger partial charge on any atom is 0.270 e. The van der Waals surface area contributed by atoms with Crippen molar-refractivity contribution in [1.82, 2.24) is 20.6 Å². The molecule has 0 aromatic carbocycles. The highest BCUT2D eigenvalue weighted by atomic mass is 16.2. The van der Waals surface area contributed by atoms with Gasteiger partial charge < -0.3 is 10.6 Å². The van der Waals surface area contributed by atoms with Gasteiger partial charge in [-0.25, -0.2) is 4.98 Å². The Morgan fingerprint density at radius 3 is 2.38 bits per heavy atom. The van der Waals surface area contributed by atoms with Gasteiger partial charge in [-0.3, -0.25) is 14.6 Å². The predicted octanol–water partition coefficient (Wildman–Crippen LogP) is 2.33. The molecule has 2 rings (SSSR count). The zero-order chi connectivity index (χ0) is 17.2. The predicted molar refractivity (Wildman–Crippen MR) is 91.5 cm³/mol. The normalized spacial score (nSPS) is 10.2.